The Morgan fingerprint density at radius 2 is 2.05 bits per heavy atom. The first kappa shape index (κ1) is 16.6. The van der Waals surface area contributed by atoms with Crippen LogP contribution < -0.4 is 4.74 Å². The Morgan fingerprint density at radius 3 is 2.73 bits per heavy atom. The summed E-state index contributed by atoms with van der Waals surface area (Å²) in [7, 11) is 0. The Kier molecular flexibility index (Phi) is 7.01. The highest BCUT2D eigenvalue weighted by molar-refractivity contribution is 5.69. The van der Waals surface area contributed by atoms with Crippen molar-refractivity contribution in [1.82, 2.24) is 0 Å². The van der Waals surface area contributed by atoms with Crippen molar-refractivity contribution in [3.8, 4) is 5.75 Å². The van der Waals surface area contributed by atoms with E-state index in [9.17, 15) is 4.79 Å². The summed E-state index contributed by atoms with van der Waals surface area (Å²) in [6.07, 6.45) is 10.2. The van der Waals surface area contributed by atoms with Crippen molar-refractivity contribution in [1.29, 1.82) is 0 Å². The van der Waals surface area contributed by atoms with Gasteiger partial charge in [0.1, 0.15) is 12.4 Å². The highest BCUT2D eigenvalue weighted by atomic mass is 16.5. The molecule has 0 saturated heterocycles. The van der Waals surface area contributed by atoms with Gasteiger partial charge in [0, 0.05) is 6.42 Å². The summed E-state index contributed by atoms with van der Waals surface area (Å²) < 4.78 is 10.8. The van der Waals surface area contributed by atoms with Crippen LogP contribution in [-0.4, -0.2) is 19.2 Å². The third-order valence-corrected chi connectivity index (χ3v) is 3.75. The summed E-state index contributed by atoms with van der Waals surface area (Å²) in [5, 5.41) is 0. The fourth-order valence-electron chi connectivity index (χ4n) is 2.14. The molecule has 0 aliphatic heterocycles. The zero-order valence-electron chi connectivity index (χ0n) is 13.4. The third kappa shape index (κ3) is 6.79. The molecule has 0 aromatic heterocycles. The van der Waals surface area contributed by atoms with E-state index in [1.54, 1.807) is 0 Å². The number of hydrogen-bond acceptors (Lipinski definition) is 3. The van der Waals surface area contributed by atoms with Crippen LogP contribution in [0.25, 0.3) is 6.08 Å². The monoisotopic (exact) mass is 302 g/mol. The first-order valence-electron chi connectivity index (χ1n) is 8.33. The maximum Gasteiger partial charge on any atom is 0.306 e. The minimum absolute atomic E-state index is 0.0868. The first-order valence-corrected chi connectivity index (χ1v) is 8.33. The number of esters is 1. The van der Waals surface area contributed by atoms with Crippen LogP contribution in [0.5, 0.6) is 5.75 Å². The van der Waals surface area contributed by atoms with Gasteiger partial charge in [0.05, 0.1) is 6.61 Å². The van der Waals surface area contributed by atoms with Crippen molar-refractivity contribution in [2.75, 3.05) is 13.2 Å². The molecule has 1 fully saturated rings. The van der Waals surface area contributed by atoms with Gasteiger partial charge in [-0.3, -0.25) is 4.79 Å². The highest BCUT2D eigenvalue weighted by Crippen LogP contribution is 2.33. The lowest BCUT2D eigenvalue weighted by Gasteiger charge is -2.05. The van der Waals surface area contributed by atoms with Crippen molar-refractivity contribution >= 4 is 12.0 Å². The molecule has 3 nitrogen and oxygen atoms in total. The van der Waals surface area contributed by atoms with Crippen LogP contribution in [0.1, 0.15) is 51.0 Å². The maximum absolute atomic E-state index is 11.5. The molecule has 0 radical (unpaired) electrons. The largest absolute Gasteiger partial charge is 0.494 e. The molecule has 0 atom stereocenters. The predicted octanol–water partition coefficient (Wildman–Crippen LogP) is 4.61. The Hall–Kier alpha value is -1.77. The Labute approximate surface area is 133 Å². The molecule has 0 spiro atoms. The van der Waals surface area contributed by atoms with Crippen LogP contribution in [0.15, 0.2) is 30.3 Å². The fraction of sp³-hybridized carbons (Fsp3) is 0.526. The Morgan fingerprint density at radius 1 is 1.27 bits per heavy atom. The van der Waals surface area contributed by atoms with Gasteiger partial charge in [-0.15, -0.1) is 0 Å². The molecule has 0 heterocycles. The van der Waals surface area contributed by atoms with Gasteiger partial charge in [0.25, 0.3) is 0 Å². The van der Waals surface area contributed by atoms with Gasteiger partial charge in [-0.2, -0.15) is 0 Å². The number of rotatable bonds is 10. The number of carbonyl (C=O) groups excluding carboxylic acids is 1. The van der Waals surface area contributed by atoms with E-state index in [0.29, 0.717) is 13.0 Å². The molecule has 0 amide bonds. The van der Waals surface area contributed by atoms with Crippen molar-refractivity contribution < 1.29 is 14.3 Å². The summed E-state index contributed by atoms with van der Waals surface area (Å²) in [5.41, 5.74) is 1.08. The van der Waals surface area contributed by atoms with Gasteiger partial charge >= 0.3 is 5.97 Å². The summed E-state index contributed by atoms with van der Waals surface area (Å²) in [6, 6.07) is 7.95. The summed E-state index contributed by atoms with van der Waals surface area (Å²) >= 11 is 0. The molecule has 0 unspecified atom stereocenters. The van der Waals surface area contributed by atoms with E-state index < -0.39 is 0 Å². The minimum atomic E-state index is -0.0868. The first-order chi connectivity index (χ1) is 10.8. The van der Waals surface area contributed by atoms with Crippen LogP contribution in [0.3, 0.4) is 0 Å². The molecule has 2 rings (SSSR count). The Bertz CT molecular complexity index is 472. The number of carbonyl (C=O) groups is 1. The van der Waals surface area contributed by atoms with E-state index in [4.69, 9.17) is 9.47 Å². The predicted molar refractivity (Wildman–Crippen MR) is 88.8 cm³/mol. The lowest BCUT2D eigenvalue weighted by Crippen LogP contribution is -2.04. The van der Waals surface area contributed by atoms with E-state index in [1.165, 1.54) is 12.8 Å². The molecule has 1 aromatic rings. The number of hydrogen-bond donors (Lipinski definition) is 0. The molecule has 1 aromatic carbocycles. The molecule has 3 heteroatoms. The average molecular weight is 302 g/mol. The lowest BCUT2D eigenvalue weighted by atomic mass is 10.2. The van der Waals surface area contributed by atoms with E-state index in [0.717, 1.165) is 43.1 Å². The van der Waals surface area contributed by atoms with Gasteiger partial charge in [-0.25, -0.2) is 0 Å². The average Bonchev–Trinajstić information content (AvgIpc) is 3.35. The topological polar surface area (TPSA) is 35.5 Å². The standard InChI is InChI=1S/C19H26O3/c1-2-3-14-21-18-11-8-16(9-12-18)5-4-15-22-19(20)13-10-17-6-7-17/h4-5,8-9,11-12,17H,2-3,6-7,10,13-15H2,1H3. The summed E-state index contributed by atoms with van der Waals surface area (Å²) in [5.74, 6) is 1.59. The molecule has 1 aliphatic rings. The molecule has 1 aliphatic carbocycles. The lowest BCUT2D eigenvalue weighted by molar-refractivity contribution is -0.142. The summed E-state index contributed by atoms with van der Waals surface area (Å²) in [6.45, 7) is 3.26. The molecule has 120 valence electrons. The molecule has 22 heavy (non-hydrogen) atoms. The number of benzene rings is 1. The third-order valence-electron chi connectivity index (χ3n) is 3.75. The van der Waals surface area contributed by atoms with Gasteiger partial charge in [-0.1, -0.05) is 44.4 Å². The van der Waals surface area contributed by atoms with Crippen molar-refractivity contribution in [3.05, 3.63) is 35.9 Å². The molecular weight excluding hydrogens is 276 g/mol. The molecule has 1 saturated carbocycles. The minimum Gasteiger partial charge on any atom is -0.494 e. The maximum atomic E-state index is 11.5. The van der Waals surface area contributed by atoms with Crippen molar-refractivity contribution in [3.63, 3.8) is 0 Å². The molecule has 0 N–H and O–H groups in total. The van der Waals surface area contributed by atoms with E-state index in [-0.39, 0.29) is 5.97 Å². The second-order valence-corrected chi connectivity index (χ2v) is 5.84. The normalized spacial score (nSPS) is 14.2. The van der Waals surface area contributed by atoms with Crippen molar-refractivity contribution in [2.24, 2.45) is 5.92 Å². The van der Waals surface area contributed by atoms with Crippen LogP contribution in [-0.2, 0) is 9.53 Å². The smallest absolute Gasteiger partial charge is 0.306 e. The summed E-state index contributed by atoms with van der Waals surface area (Å²) in [4.78, 5) is 11.5. The molecule has 0 bridgehead atoms. The van der Waals surface area contributed by atoms with Crippen molar-refractivity contribution in [2.45, 2.75) is 45.4 Å². The van der Waals surface area contributed by atoms with E-state index in [2.05, 4.69) is 6.92 Å². The zero-order chi connectivity index (χ0) is 15.6. The quantitative estimate of drug-likeness (QED) is 0.467. The van der Waals surface area contributed by atoms with Gasteiger partial charge in [0.2, 0.25) is 0 Å². The van der Waals surface area contributed by atoms with Crippen LogP contribution in [0.2, 0.25) is 0 Å². The van der Waals surface area contributed by atoms with Crippen LogP contribution in [0, 0.1) is 5.92 Å². The number of ether oxygens (including phenoxy) is 2. The second-order valence-electron chi connectivity index (χ2n) is 5.84. The highest BCUT2D eigenvalue weighted by Gasteiger charge is 2.21. The van der Waals surface area contributed by atoms with E-state index in [1.807, 2.05) is 36.4 Å². The van der Waals surface area contributed by atoms with Gasteiger partial charge in [-0.05, 0) is 42.5 Å². The molecular formula is C19H26O3. The fourth-order valence-corrected chi connectivity index (χ4v) is 2.14. The van der Waals surface area contributed by atoms with Crippen LogP contribution in [0.4, 0.5) is 0 Å². The second kappa shape index (κ2) is 9.29. The van der Waals surface area contributed by atoms with Gasteiger partial charge in [0.15, 0.2) is 0 Å². The van der Waals surface area contributed by atoms with Crippen LogP contribution >= 0.6 is 0 Å². The Balaban J connectivity index is 1.63. The SMILES string of the molecule is CCCCOc1ccc(C=CCOC(=O)CCC2CC2)cc1. The van der Waals surface area contributed by atoms with Gasteiger partial charge < -0.3 is 9.47 Å². The van der Waals surface area contributed by atoms with E-state index >= 15 is 0 Å². The zero-order valence-corrected chi connectivity index (χ0v) is 13.4. The number of unbranched alkanes of at least 4 members (excludes halogenated alkanes) is 1.